The Balaban J connectivity index is 2.25. The van der Waals surface area contributed by atoms with E-state index >= 15 is 0 Å². The molecule has 1 amide bonds. The molecule has 0 fully saturated rings. The van der Waals surface area contributed by atoms with E-state index in [4.69, 9.17) is 11.6 Å². The standard InChI is InChI=1S/C15H22ClN5O/c1-7-21-10(3)12(9(2)17-21)8-19(5)15(22)14-13(16)11(4)20(6)18-14/h7-8H2,1-6H3. The molecule has 0 aromatic carbocycles. The van der Waals surface area contributed by atoms with E-state index in [1.54, 1.807) is 23.7 Å². The molecule has 0 saturated carbocycles. The molecule has 120 valence electrons. The highest BCUT2D eigenvalue weighted by molar-refractivity contribution is 6.34. The van der Waals surface area contributed by atoms with Gasteiger partial charge in [0.15, 0.2) is 5.69 Å². The van der Waals surface area contributed by atoms with E-state index in [9.17, 15) is 4.79 Å². The highest BCUT2D eigenvalue weighted by atomic mass is 35.5. The molecule has 0 aliphatic rings. The topological polar surface area (TPSA) is 56.0 Å². The van der Waals surface area contributed by atoms with Crippen LogP contribution in [0.1, 0.15) is 40.1 Å². The van der Waals surface area contributed by atoms with Gasteiger partial charge in [-0.3, -0.25) is 14.2 Å². The molecule has 0 radical (unpaired) electrons. The molecular formula is C15H22ClN5O. The average Bonchev–Trinajstić information content (AvgIpc) is 2.90. The zero-order valence-electron chi connectivity index (χ0n) is 13.9. The van der Waals surface area contributed by atoms with Gasteiger partial charge in [-0.2, -0.15) is 10.2 Å². The molecule has 0 bridgehead atoms. The van der Waals surface area contributed by atoms with Gasteiger partial charge >= 0.3 is 0 Å². The molecule has 2 heterocycles. The SMILES string of the molecule is CCn1nc(C)c(CN(C)C(=O)c2nn(C)c(C)c2Cl)c1C. The molecule has 0 spiro atoms. The minimum absolute atomic E-state index is 0.184. The van der Waals surface area contributed by atoms with Crippen LogP contribution in [0.5, 0.6) is 0 Å². The van der Waals surface area contributed by atoms with Crippen molar-refractivity contribution in [2.75, 3.05) is 7.05 Å². The predicted molar refractivity (Wildman–Crippen MR) is 86.1 cm³/mol. The number of rotatable bonds is 4. The van der Waals surface area contributed by atoms with Crippen LogP contribution >= 0.6 is 11.6 Å². The van der Waals surface area contributed by atoms with Crippen LogP contribution in [0.2, 0.25) is 5.02 Å². The summed E-state index contributed by atoms with van der Waals surface area (Å²) < 4.78 is 3.57. The Hall–Kier alpha value is -1.82. The summed E-state index contributed by atoms with van der Waals surface area (Å²) in [7, 11) is 3.53. The van der Waals surface area contributed by atoms with Crippen LogP contribution in [-0.2, 0) is 20.1 Å². The van der Waals surface area contributed by atoms with Crippen molar-refractivity contribution in [3.63, 3.8) is 0 Å². The van der Waals surface area contributed by atoms with Crippen LogP contribution in [0.3, 0.4) is 0 Å². The number of aryl methyl sites for hydroxylation is 3. The maximum atomic E-state index is 12.6. The Bertz CT molecular complexity index is 716. The van der Waals surface area contributed by atoms with Crippen molar-refractivity contribution in [1.82, 2.24) is 24.5 Å². The summed E-state index contributed by atoms with van der Waals surface area (Å²) in [5.41, 5.74) is 4.18. The lowest BCUT2D eigenvalue weighted by molar-refractivity contribution is 0.0778. The Morgan fingerprint density at radius 1 is 1.23 bits per heavy atom. The highest BCUT2D eigenvalue weighted by Crippen LogP contribution is 2.22. The van der Waals surface area contributed by atoms with Crippen LogP contribution in [0.15, 0.2) is 0 Å². The summed E-state index contributed by atoms with van der Waals surface area (Å²) in [5, 5.41) is 9.11. The number of carbonyl (C=O) groups excluding carboxylic acids is 1. The molecule has 6 nitrogen and oxygen atoms in total. The van der Waals surface area contributed by atoms with E-state index in [-0.39, 0.29) is 5.91 Å². The second-order valence-corrected chi connectivity index (χ2v) is 5.88. The molecule has 2 aromatic rings. The third-order valence-corrected chi connectivity index (χ3v) is 4.49. The van der Waals surface area contributed by atoms with Crippen molar-refractivity contribution in [2.45, 2.75) is 40.8 Å². The monoisotopic (exact) mass is 323 g/mol. The molecule has 22 heavy (non-hydrogen) atoms. The molecule has 0 aliphatic heterocycles. The Kier molecular flexibility index (Phi) is 4.60. The van der Waals surface area contributed by atoms with E-state index in [1.807, 2.05) is 25.5 Å². The Morgan fingerprint density at radius 2 is 1.86 bits per heavy atom. The number of hydrogen-bond acceptors (Lipinski definition) is 3. The number of aromatic nitrogens is 4. The van der Waals surface area contributed by atoms with Gasteiger partial charge in [0, 0.05) is 38.4 Å². The lowest BCUT2D eigenvalue weighted by Gasteiger charge is -2.16. The fourth-order valence-electron chi connectivity index (χ4n) is 2.48. The first-order valence-electron chi connectivity index (χ1n) is 7.25. The molecule has 2 aromatic heterocycles. The van der Waals surface area contributed by atoms with Crippen molar-refractivity contribution < 1.29 is 4.79 Å². The molecule has 0 N–H and O–H groups in total. The van der Waals surface area contributed by atoms with Crippen molar-refractivity contribution in [3.05, 3.63) is 33.4 Å². The number of amides is 1. The quantitative estimate of drug-likeness (QED) is 0.868. The summed E-state index contributed by atoms with van der Waals surface area (Å²) >= 11 is 6.20. The lowest BCUT2D eigenvalue weighted by Crippen LogP contribution is -2.27. The van der Waals surface area contributed by atoms with E-state index in [0.717, 1.165) is 29.2 Å². The van der Waals surface area contributed by atoms with Crippen molar-refractivity contribution in [2.24, 2.45) is 7.05 Å². The molecule has 7 heteroatoms. The number of halogens is 1. The van der Waals surface area contributed by atoms with Gasteiger partial charge in [-0.15, -0.1) is 0 Å². The van der Waals surface area contributed by atoms with Crippen molar-refractivity contribution in [3.8, 4) is 0 Å². The second kappa shape index (κ2) is 6.12. The van der Waals surface area contributed by atoms with Gasteiger partial charge in [-0.25, -0.2) is 0 Å². The van der Waals surface area contributed by atoms with Gasteiger partial charge in [0.25, 0.3) is 5.91 Å². The van der Waals surface area contributed by atoms with E-state index in [1.165, 1.54) is 0 Å². The predicted octanol–water partition coefficient (Wildman–Crippen LogP) is 2.49. The number of hydrogen-bond donors (Lipinski definition) is 0. The normalized spacial score (nSPS) is 11.0. The first-order chi connectivity index (χ1) is 10.3. The zero-order valence-corrected chi connectivity index (χ0v) is 14.7. The summed E-state index contributed by atoms with van der Waals surface area (Å²) in [6.45, 7) is 9.18. The molecule has 2 rings (SSSR count). The summed E-state index contributed by atoms with van der Waals surface area (Å²) in [4.78, 5) is 14.2. The maximum Gasteiger partial charge on any atom is 0.275 e. The zero-order chi connectivity index (χ0) is 16.6. The average molecular weight is 324 g/mol. The van der Waals surface area contributed by atoms with Crippen LogP contribution in [-0.4, -0.2) is 37.4 Å². The number of nitrogens with zero attached hydrogens (tertiary/aromatic N) is 5. The first-order valence-corrected chi connectivity index (χ1v) is 7.63. The van der Waals surface area contributed by atoms with Crippen LogP contribution < -0.4 is 0 Å². The fraction of sp³-hybridized carbons (Fsp3) is 0.533. The smallest absolute Gasteiger partial charge is 0.275 e. The van der Waals surface area contributed by atoms with E-state index in [0.29, 0.717) is 17.3 Å². The fourth-order valence-corrected chi connectivity index (χ4v) is 2.72. The van der Waals surface area contributed by atoms with Gasteiger partial charge in [0.1, 0.15) is 0 Å². The van der Waals surface area contributed by atoms with Gasteiger partial charge in [0.05, 0.1) is 16.4 Å². The summed E-state index contributed by atoms with van der Waals surface area (Å²) in [5.74, 6) is -0.184. The molecule has 0 saturated heterocycles. The highest BCUT2D eigenvalue weighted by Gasteiger charge is 2.23. The molecule has 0 atom stereocenters. The largest absolute Gasteiger partial charge is 0.336 e. The second-order valence-electron chi connectivity index (χ2n) is 5.50. The van der Waals surface area contributed by atoms with Crippen LogP contribution in [0.25, 0.3) is 0 Å². The first kappa shape index (κ1) is 16.5. The van der Waals surface area contributed by atoms with Crippen LogP contribution in [0.4, 0.5) is 0 Å². The third-order valence-electron chi connectivity index (χ3n) is 4.04. The third kappa shape index (κ3) is 2.75. The Morgan fingerprint density at radius 3 is 2.32 bits per heavy atom. The van der Waals surface area contributed by atoms with Crippen molar-refractivity contribution >= 4 is 17.5 Å². The Labute approximate surface area is 135 Å². The lowest BCUT2D eigenvalue weighted by atomic mass is 10.2. The molecule has 0 unspecified atom stereocenters. The van der Waals surface area contributed by atoms with Gasteiger partial charge in [-0.1, -0.05) is 11.6 Å². The van der Waals surface area contributed by atoms with Crippen molar-refractivity contribution in [1.29, 1.82) is 0 Å². The van der Waals surface area contributed by atoms with Gasteiger partial charge in [-0.05, 0) is 27.7 Å². The summed E-state index contributed by atoms with van der Waals surface area (Å²) in [6, 6.07) is 0. The maximum absolute atomic E-state index is 12.6. The minimum atomic E-state index is -0.184. The summed E-state index contributed by atoms with van der Waals surface area (Å²) in [6.07, 6.45) is 0. The minimum Gasteiger partial charge on any atom is -0.336 e. The molecular weight excluding hydrogens is 302 g/mol. The van der Waals surface area contributed by atoms with Gasteiger partial charge < -0.3 is 4.90 Å². The number of carbonyl (C=O) groups is 1. The van der Waals surface area contributed by atoms with E-state index in [2.05, 4.69) is 17.1 Å². The van der Waals surface area contributed by atoms with Crippen LogP contribution in [0, 0.1) is 20.8 Å². The van der Waals surface area contributed by atoms with Gasteiger partial charge in [0.2, 0.25) is 0 Å². The molecule has 0 aliphatic carbocycles. The van der Waals surface area contributed by atoms with E-state index < -0.39 is 0 Å².